The zero-order valence-corrected chi connectivity index (χ0v) is 8.38. The fourth-order valence-corrected chi connectivity index (χ4v) is 1.33. The number of benzene rings is 1. The van der Waals surface area contributed by atoms with Crippen LogP contribution < -0.4 is 5.73 Å². The third-order valence-electron chi connectivity index (χ3n) is 2.12. The largest absolute Gasteiger partial charge is 0.324 e. The molecule has 1 aromatic carbocycles. The van der Waals surface area contributed by atoms with Crippen LogP contribution in [-0.4, -0.2) is 5.78 Å². The van der Waals surface area contributed by atoms with Crippen molar-refractivity contribution in [2.75, 3.05) is 0 Å². The van der Waals surface area contributed by atoms with Gasteiger partial charge in [0.15, 0.2) is 0 Å². The van der Waals surface area contributed by atoms with Gasteiger partial charge in [0.2, 0.25) is 0 Å². The zero-order valence-electron chi connectivity index (χ0n) is 8.38. The number of halogens is 1. The highest BCUT2D eigenvalue weighted by atomic mass is 19.1. The number of Topliss-reactive ketones (excluding diaryl/α,β-unsaturated/α-hetero) is 1. The van der Waals surface area contributed by atoms with Crippen molar-refractivity contribution in [3.63, 3.8) is 0 Å². The summed E-state index contributed by atoms with van der Waals surface area (Å²) in [5, 5.41) is 0. The summed E-state index contributed by atoms with van der Waals surface area (Å²) < 4.78 is 12.9. The lowest BCUT2D eigenvalue weighted by Crippen LogP contribution is -2.14. The average Bonchev–Trinajstić information content (AvgIpc) is 2.08. The number of rotatable bonds is 3. The Labute approximate surface area is 82.9 Å². The van der Waals surface area contributed by atoms with Gasteiger partial charge in [-0.25, -0.2) is 4.39 Å². The Morgan fingerprint density at radius 1 is 1.57 bits per heavy atom. The molecule has 0 fully saturated rings. The highest BCUT2D eigenvalue weighted by Gasteiger charge is 2.09. The van der Waals surface area contributed by atoms with E-state index in [2.05, 4.69) is 0 Å². The molecule has 3 heteroatoms. The van der Waals surface area contributed by atoms with Crippen LogP contribution in [0.1, 0.15) is 30.5 Å². The standard InChI is InChI=1S/C11H14FNO/c1-7-5-9(3-4-10(7)12)11(13)6-8(2)14/h3-5,11H,6,13H2,1-2H3. The van der Waals surface area contributed by atoms with Crippen molar-refractivity contribution in [1.29, 1.82) is 0 Å². The van der Waals surface area contributed by atoms with Crippen molar-refractivity contribution >= 4 is 5.78 Å². The number of carbonyl (C=O) groups is 1. The maximum absolute atomic E-state index is 12.9. The lowest BCUT2D eigenvalue weighted by atomic mass is 10.0. The summed E-state index contributed by atoms with van der Waals surface area (Å²) in [6.07, 6.45) is 0.297. The Balaban J connectivity index is 2.85. The monoisotopic (exact) mass is 195 g/mol. The van der Waals surface area contributed by atoms with Crippen LogP contribution in [0.4, 0.5) is 4.39 Å². The quantitative estimate of drug-likeness (QED) is 0.802. The first kappa shape index (κ1) is 10.9. The molecule has 1 atom stereocenters. The van der Waals surface area contributed by atoms with E-state index < -0.39 is 0 Å². The maximum Gasteiger partial charge on any atom is 0.131 e. The predicted octanol–water partition coefficient (Wildman–Crippen LogP) is 2.11. The number of carbonyl (C=O) groups excluding carboxylic acids is 1. The van der Waals surface area contributed by atoms with Crippen LogP contribution in [0.15, 0.2) is 18.2 Å². The van der Waals surface area contributed by atoms with Gasteiger partial charge in [0, 0.05) is 12.5 Å². The first-order valence-corrected chi connectivity index (χ1v) is 4.51. The molecule has 1 rings (SSSR count). The van der Waals surface area contributed by atoms with Crippen molar-refractivity contribution in [3.8, 4) is 0 Å². The van der Waals surface area contributed by atoms with E-state index in [9.17, 15) is 9.18 Å². The van der Waals surface area contributed by atoms with Gasteiger partial charge >= 0.3 is 0 Å². The summed E-state index contributed by atoms with van der Waals surface area (Å²) in [5.74, 6) is -0.205. The first-order valence-electron chi connectivity index (χ1n) is 4.51. The molecule has 0 radical (unpaired) electrons. The van der Waals surface area contributed by atoms with Gasteiger partial charge in [0.1, 0.15) is 11.6 Å². The average molecular weight is 195 g/mol. The van der Waals surface area contributed by atoms with Crippen molar-refractivity contribution < 1.29 is 9.18 Å². The highest BCUT2D eigenvalue weighted by Crippen LogP contribution is 2.17. The molecule has 0 aromatic heterocycles. The Hall–Kier alpha value is -1.22. The molecule has 14 heavy (non-hydrogen) atoms. The van der Waals surface area contributed by atoms with E-state index >= 15 is 0 Å². The lowest BCUT2D eigenvalue weighted by Gasteiger charge is -2.10. The van der Waals surface area contributed by atoms with Crippen LogP contribution in [0.3, 0.4) is 0 Å². The van der Waals surface area contributed by atoms with Crippen LogP contribution in [-0.2, 0) is 4.79 Å². The van der Waals surface area contributed by atoms with Gasteiger partial charge < -0.3 is 5.73 Å². The fourth-order valence-electron chi connectivity index (χ4n) is 1.33. The van der Waals surface area contributed by atoms with Gasteiger partial charge in [0.05, 0.1) is 0 Å². The van der Waals surface area contributed by atoms with Crippen LogP contribution in [0.25, 0.3) is 0 Å². The molecule has 2 N–H and O–H groups in total. The van der Waals surface area contributed by atoms with Crippen molar-refractivity contribution in [2.24, 2.45) is 5.73 Å². The molecule has 2 nitrogen and oxygen atoms in total. The Morgan fingerprint density at radius 2 is 2.21 bits per heavy atom. The van der Waals surface area contributed by atoms with Crippen LogP contribution in [0.5, 0.6) is 0 Å². The SMILES string of the molecule is CC(=O)CC(N)c1ccc(F)c(C)c1. The summed E-state index contributed by atoms with van der Waals surface area (Å²) in [7, 11) is 0. The number of hydrogen-bond donors (Lipinski definition) is 1. The molecule has 76 valence electrons. The molecule has 0 heterocycles. The number of aryl methyl sites for hydroxylation is 1. The van der Waals surface area contributed by atoms with E-state index in [1.807, 2.05) is 0 Å². The second kappa shape index (κ2) is 4.33. The van der Waals surface area contributed by atoms with Crippen molar-refractivity contribution in [3.05, 3.63) is 35.1 Å². The van der Waals surface area contributed by atoms with Crippen molar-refractivity contribution in [2.45, 2.75) is 26.3 Å². The molecule has 0 saturated carbocycles. The van der Waals surface area contributed by atoms with E-state index in [0.717, 1.165) is 5.56 Å². The Morgan fingerprint density at radius 3 is 2.71 bits per heavy atom. The Kier molecular flexibility index (Phi) is 3.36. The van der Waals surface area contributed by atoms with Gasteiger partial charge in [0.25, 0.3) is 0 Å². The molecule has 0 aliphatic rings. The predicted molar refractivity (Wildman–Crippen MR) is 53.4 cm³/mol. The third-order valence-corrected chi connectivity index (χ3v) is 2.12. The molecular formula is C11H14FNO. The third kappa shape index (κ3) is 2.64. The second-order valence-electron chi connectivity index (χ2n) is 3.52. The van der Waals surface area contributed by atoms with Gasteiger partial charge in [-0.1, -0.05) is 12.1 Å². The summed E-state index contributed by atoms with van der Waals surface area (Å²) in [6.45, 7) is 3.18. The molecular weight excluding hydrogens is 181 g/mol. The fraction of sp³-hybridized carbons (Fsp3) is 0.364. The Bertz CT molecular complexity index is 349. The topological polar surface area (TPSA) is 43.1 Å². The normalized spacial score (nSPS) is 12.6. The molecule has 1 unspecified atom stereocenters. The minimum Gasteiger partial charge on any atom is -0.324 e. The molecule has 0 aliphatic heterocycles. The van der Waals surface area contributed by atoms with Crippen LogP contribution >= 0.6 is 0 Å². The number of nitrogens with two attached hydrogens (primary N) is 1. The summed E-state index contributed by atoms with van der Waals surface area (Å²) in [4.78, 5) is 10.8. The van der Waals surface area contributed by atoms with Gasteiger partial charge in [-0.05, 0) is 31.0 Å². The molecule has 0 bridgehead atoms. The molecule has 0 saturated heterocycles. The second-order valence-corrected chi connectivity index (χ2v) is 3.52. The summed E-state index contributed by atoms with van der Waals surface area (Å²) in [6, 6.07) is 4.36. The number of hydrogen-bond acceptors (Lipinski definition) is 2. The van der Waals surface area contributed by atoms with Gasteiger partial charge in [-0.15, -0.1) is 0 Å². The highest BCUT2D eigenvalue weighted by molar-refractivity contribution is 5.76. The van der Waals surface area contributed by atoms with Crippen LogP contribution in [0, 0.1) is 12.7 Å². The van der Waals surface area contributed by atoms with Crippen molar-refractivity contribution in [1.82, 2.24) is 0 Å². The minimum absolute atomic E-state index is 0.0412. The summed E-state index contributed by atoms with van der Waals surface area (Å²) >= 11 is 0. The van der Waals surface area contributed by atoms with E-state index in [0.29, 0.717) is 12.0 Å². The molecule has 0 aliphatic carbocycles. The van der Waals surface area contributed by atoms with E-state index in [-0.39, 0.29) is 17.6 Å². The van der Waals surface area contributed by atoms with Gasteiger partial charge in [-0.2, -0.15) is 0 Å². The number of ketones is 1. The molecule has 1 aromatic rings. The lowest BCUT2D eigenvalue weighted by molar-refractivity contribution is -0.117. The molecule has 0 spiro atoms. The van der Waals surface area contributed by atoms with E-state index in [1.165, 1.54) is 13.0 Å². The van der Waals surface area contributed by atoms with Gasteiger partial charge in [-0.3, -0.25) is 4.79 Å². The molecule has 0 amide bonds. The summed E-state index contributed by atoms with van der Waals surface area (Å²) in [5.41, 5.74) is 7.13. The smallest absolute Gasteiger partial charge is 0.131 e. The maximum atomic E-state index is 12.9. The van der Waals surface area contributed by atoms with E-state index in [4.69, 9.17) is 5.73 Å². The minimum atomic E-state index is -0.327. The zero-order chi connectivity index (χ0) is 10.7. The van der Waals surface area contributed by atoms with E-state index in [1.54, 1.807) is 19.1 Å². The van der Waals surface area contributed by atoms with Crippen LogP contribution in [0.2, 0.25) is 0 Å². The first-order chi connectivity index (χ1) is 6.50.